The Morgan fingerprint density at radius 3 is 2.40 bits per heavy atom. The number of hydrogen-bond donors (Lipinski definition) is 1. The van der Waals surface area contributed by atoms with Gasteiger partial charge in [0.25, 0.3) is 5.92 Å². The molecule has 0 amide bonds. The van der Waals surface area contributed by atoms with Crippen molar-refractivity contribution >= 4 is 5.97 Å². The molecule has 1 aromatic carbocycles. The van der Waals surface area contributed by atoms with Crippen LogP contribution in [0.2, 0.25) is 0 Å². The van der Waals surface area contributed by atoms with E-state index in [9.17, 15) is 13.6 Å². The Bertz CT molecular complexity index is 336. The lowest BCUT2D eigenvalue weighted by Gasteiger charge is -2.18. The molecule has 0 aliphatic carbocycles. The summed E-state index contributed by atoms with van der Waals surface area (Å²) >= 11 is 0. The predicted octanol–water partition coefficient (Wildman–Crippen LogP) is 2.89. The maximum Gasteiger partial charge on any atom is 0.306 e. The van der Waals surface area contributed by atoms with Crippen LogP contribution < -0.4 is 0 Å². The third-order valence-electron chi connectivity index (χ3n) is 2.18. The van der Waals surface area contributed by atoms with E-state index >= 15 is 0 Å². The second-order valence-corrected chi connectivity index (χ2v) is 3.51. The van der Waals surface area contributed by atoms with Crippen LogP contribution in [0.25, 0.3) is 0 Å². The second-order valence-electron chi connectivity index (χ2n) is 3.51. The van der Waals surface area contributed by atoms with Crippen LogP contribution in [0.15, 0.2) is 30.3 Å². The Morgan fingerprint density at radius 1 is 1.40 bits per heavy atom. The van der Waals surface area contributed by atoms with Crippen molar-refractivity contribution < 1.29 is 18.7 Å². The van der Waals surface area contributed by atoms with Crippen molar-refractivity contribution in [2.24, 2.45) is 5.92 Å². The Morgan fingerprint density at radius 2 is 1.93 bits per heavy atom. The van der Waals surface area contributed by atoms with Crippen LogP contribution in [0.1, 0.15) is 18.9 Å². The maximum absolute atomic E-state index is 13.5. The van der Waals surface area contributed by atoms with Crippen molar-refractivity contribution in [2.75, 3.05) is 0 Å². The number of hydrogen-bond acceptors (Lipinski definition) is 1. The molecule has 0 aliphatic heterocycles. The molecule has 4 heteroatoms. The molecule has 1 unspecified atom stereocenters. The first-order chi connectivity index (χ1) is 6.93. The fourth-order valence-electron chi connectivity index (χ4n) is 1.27. The monoisotopic (exact) mass is 214 g/mol. The Kier molecular flexibility index (Phi) is 3.39. The molecule has 0 fully saturated rings. The standard InChI is InChI=1S/C11H12F2O2/c1-8(10(14)15)7-11(12,13)9-5-3-2-4-6-9/h2-6,8H,7H2,1H3,(H,14,15). The quantitative estimate of drug-likeness (QED) is 0.836. The number of halogens is 2. The number of aliphatic carboxylic acids is 1. The van der Waals surface area contributed by atoms with Gasteiger partial charge in [-0.25, -0.2) is 8.78 Å². The van der Waals surface area contributed by atoms with Gasteiger partial charge in [0.15, 0.2) is 0 Å². The fraction of sp³-hybridized carbons (Fsp3) is 0.364. The van der Waals surface area contributed by atoms with Crippen LogP contribution in [0.4, 0.5) is 8.78 Å². The smallest absolute Gasteiger partial charge is 0.306 e. The third kappa shape index (κ3) is 3.01. The van der Waals surface area contributed by atoms with Gasteiger partial charge < -0.3 is 5.11 Å². The van der Waals surface area contributed by atoms with Gasteiger partial charge in [-0.1, -0.05) is 37.3 Å². The summed E-state index contributed by atoms with van der Waals surface area (Å²) in [4.78, 5) is 10.5. The molecule has 15 heavy (non-hydrogen) atoms. The molecule has 0 aliphatic rings. The van der Waals surface area contributed by atoms with Gasteiger partial charge in [0.1, 0.15) is 0 Å². The van der Waals surface area contributed by atoms with Crippen molar-refractivity contribution in [3.63, 3.8) is 0 Å². The van der Waals surface area contributed by atoms with Gasteiger partial charge in [-0.3, -0.25) is 4.79 Å². The molecular formula is C11H12F2O2. The number of carboxylic acid groups (broad SMARTS) is 1. The second kappa shape index (κ2) is 4.38. The molecule has 1 aromatic rings. The topological polar surface area (TPSA) is 37.3 Å². The van der Waals surface area contributed by atoms with Gasteiger partial charge in [0.05, 0.1) is 5.92 Å². The van der Waals surface area contributed by atoms with Gasteiger partial charge in [0.2, 0.25) is 0 Å². The van der Waals surface area contributed by atoms with Crippen LogP contribution in [-0.2, 0) is 10.7 Å². The first-order valence-corrected chi connectivity index (χ1v) is 4.59. The number of alkyl halides is 2. The van der Waals surface area contributed by atoms with Crippen LogP contribution in [0, 0.1) is 5.92 Å². The minimum atomic E-state index is -3.08. The van der Waals surface area contributed by atoms with Gasteiger partial charge in [-0.15, -0.1) is 0 Å². The van der Waals surface area contributed by atoms with E-state index in [1.54, 1.807) is 6.07 Å². The molecule has 0 saturated heterocycles. The molecule has 2 nitrogen and oxygen atoms in total. The zero-order chi connectivity index (χ0) is 11.5. The van der Waals surface area contributed by atoms with Crippen molar-refractivity contribution in [3.8, 4) is 0 Å². The Hall–Kier alpha value is -1.45. The average Bonchev–Trinajstić information content (AvgIpc) is 2.18. The van der Waals surface area contributed by atoms with E-state index in [2.05, 4.69) is 0 Å². The molecule has 0 bridgehead atoms. The molecule has 1 atom stereocenters. The average molecular weight is 214 g/mol. The van der Waals surface area contributed by atoms with Crippen molar-refractivity contribution in [1.29, 1.82) is 0 Å². The molecule has 0 heterocycles. The fourth-order valence-corrected chi connectivity index (χ4v) is 1.27. The zero-order valence-electron chi connectivity index (χ0n) is 8.28. The first kappa shape index (κ1) is 11.6. The van der Waals surface area contributed by atoms with Crippen LogP contribution in [0.3, 0.4) is 0 Å². The minimum Gasteiger partial charge on any atom is -0.481 e. The summed E-state index contributed by atoms with van der Waals surface area (Å²) in [7, 11) is 0. The van der Waals surface area contributed by atoms with Crippen molar-refractivity contribution in [2.45, 2.75) is 19.3 Å². The van der Waals surface area contributed by atoms with Crippen LogP contribution >= 0.6 is 0 Å². The van der Waals surface area contributed by atoms with Gasteiger partial charge in [-0.2, -0.15) is 0 Å². The Labute approximate surface area is 86.5 Å². The van der Waals surface area contributed by atoms with Gasteiger partial charge >= 0.3 is 5.97 Å². The summed E-state index contributed by atoms with van der Waals surface area (Å²) in [6.45, 7) is 1.28. The summed E-state index contributed by atoms with van der Waals surface area (Å²) in [5.41, 5.74) is -0.141. The number of carbonyl (C=O) groups is 1. The first-order valence-electron chi connectivity index (χ1n) is 4.59. The molecule has 0 radical (unpaired) electrons. The summed E-state index contributed by atoms with van der Waals surface area (Å²) in [5, 5.41) is 8.56. The molecule has 82 valence electrons. The van der Waals surface area contributed by atoms with E-state index in [0.717, 1.165) is 0 Å². The zero-order valence-corrected chi connectivity index (χ0v) is 8.28. The van der Waals surface area contributed by atoms with E-state index in [-0.39, 0.29) is 5.56 Å². The lowest BCUT2D eigenvalue weighted by molar-refractivity contribution is -0.145. The van der Waals surface area contributed by atoms with E-state index in [1.807, 2.05) is 0 Å². The molecule has 0 saturated carbocycles. The molecular weight excluding hydrogens is 202 g/mol. The van der Waals surface area contributed by atoms with Gasteiger partial charge in [-0.05, 0) is 0 Å². The number of benzene rings is 1. The van der Waals surface area contributed by atoms with Crippen LogP contribution in [-0.4, -0.2) is 11.1 Å². The maximum atomic E-state index is 13.5. The van der Waals surface area contributed by atoms with Gasteiger partial charge in [0, 0.05) is 12.0 Å². The third-order valence-corrected chi connectivity index (χ3v) is 2.18. The Balaban J connectivity index is 2.80. The molecule has 1 rings (SSSR count). The number of rotatable bonds is 4. The highest BCUT2D eigenvalue weighted by atomic mass is 19.3. The van der Waals surface area contributed by atoms with E-state index in [1.165, 1.54) is 31.2 Å². The summed E-state index contributed by atoms with van der Waals surface area (Å²) < 4.78 is 27.0. The molecule has 0 aromatic heterocycles. The highest BCUT2D eigenvalue weighted by Crippen LogP contribution is 2.34. The highest BCUT2D eigenvalue weighted by Gasteiger charge is 2.35. The SMILES string of the molecule is CC(CC(F)(F)c1ccccc1)C(=O)O. The number of carboxylic acids is 1. The van der Waals surface area contributed by atoms with E-state index in [4.69, 9.17) is 5.11 Å². The predicted molar refractivity (Wildman–Crippen MR) is 51.8 cm³/mol. The van der Waals surface area contributed by atoms with Crippen molar-refractivity contribution in [3.05, 3.63) is 35.9 Å². The normalized spacial score (nSPS) is 13.5. The van der Waals surface area contributed by atoms with E-state index < -0.39 is 24.2 Å². The summed E-state index contributed by atoms with van der Waals surface area (Å²) in [6, 6.07) is 7.26. The highest BCUT2D eigenvalue weighted by molar-refractivity contribution is 5.69. The van der Waals surface area contributed by atoms with Crippen molar-refractivity contribution in [1.82, 2.24) is 0 Å². The summed E-state index contributed by atoms with van der Waals surface area (Å²) in [5.74, 6) is -5.34. The van der Waals surface area contributed by atoms with Crippen LogP contribution in [0.5, 0.6) is 0 Å². The van der Waals surface area contributed by atoms with E-state index in [0.29, 0.717) is 0 Å². The largest absolute Gasteiger partial charge is 0.481 e. The summed E-state index contributed by atoms with van der Waals surface area (Å²) in [6.07, 6.45) is -0.674. The minimum absolute atomic E-state index is 0.141. The molecule has 1 N–H and O–H groups in total. The molecule has 0 spiro atoms. The lowest BCUT2D eigenvalue weighted by atomic mass is 9.97. The lowest BCUT2D eigenvalue weighted by Crippen LogP contribution is -2.22.